The van der Waals surface area contributed by atoms with Gasteiger partial charge in [0.1, 0.15) is 5.82 Å². The topological polar surface area (TPSA) is 41.1 Å². The summed E-state index contributed by atoms with van der Waals surface area (Å²) in [6.07, 6.45) is 3.10. The fourth-order valence-corrected chi connectivity index (χ4v) is 2.11. The maximum Gasteiger partial charge on any atom is 0.323 e. The van der Waals surface area contributed by atoms with Crippen molar-refractivity contribution in [1.82, 2.24) is 5.32 Å². The van der Waals surface area contributed by atoms with Crippen LogP contribution in [0.2, 0.25) is 10.0 Å². The van der Waals surface area contributed by atoms with Gasteiger partial charge in [0.25, 0.3) is 0 Å². The smallest absolute Gasteiger partial charge is 0.314 e. The minimum absolute atomic E-state index is 0.310. The van der Waals surface area contributed by atoms with Gasteiger partial charge in [0.05, 0.1) is 0 Å². The molecular weight excluding hydrogens is 314 g/mol. The highest BCUT2D eigenvalue weighted by Gasteiger charge is 2.02. The lowest BCUT2D eigenvalue weighted by Gasteiger charge is -2.05. The largest absolute Gasteiger partial charge is 0.323 e. The molecule has 0 fully saturated rings. The van der Waals surface area contributed by atoms with Crippen LogP contribution in [-0.4, -0.2) is 6.03 Å². The summed E-state index contributed by atoms with van der Waals surface area (Å²) in [7, 11) is 0. The zero-order valence-electron chi connectivity index (χ0n) is 10.7. The molecule has 2 amide bonds. The van der Waals surface area contributed by atoms with Crippen molar-refractivity contribution >= 4 is 41.0 Å². The number of anilines is 1. The molecule has 0 atom stereocenters. The lowest BCUT2D eigenvalue weighted by molar-refractivity contribution is 0.255. The number of hydrogen-bond donors (Lipinski definition) is 2. The summed E-state index contributed by atoms with van der Waals surface area (Å²) in [6, 6.07) is 10.2. The summed E-state index contributed by atoms with van der Waals surface area (Å²) in [5.41, 5.74) is 1.25. The fraction of sp³-hybridized carbons (Fsp3) is 0. The standard InChI is InChI=1S/C15H11Cl2FN2O/c16-11-7-12(17)9-14(8-11)20-15(21)19-6-5-10-1-3-13(18)4-2-10/h1-9H,(H2,19,20,21)/b6-5+. The van der Waals surface area contributed by atoms with E-state index < -0.39 is 6.03 Å². The van der Waals surface area contributed by atoms with Gasteiger partial charge in [-0.3, -0.25) is 0 Å². The van der Waals surface area contributed by atoms with Crippen molar-refractivity contribution in [2.45, 2.75) is 0 Å². The molecule has 0 aromatic heterocycles. The van der Waals surface area contributed by atoms with E-state index in [1.54, 1.807) is 36.4 Å². The molecule has 108 valence electrons. The predicted molar refractivity (Wildman–Crippen MR) is 84.1 cm³/mol. The molecule has 0 saturated carbocycles. The molecule has 0 saturated heterocycles. The minimum atomic E-state index is -0.438. The molecule has 0 heterocycles. The van der Waals surface area contributed by atoms with Crippen LogP contribution >= 0.6 is 23.2 Å². The number of halogens is 3. The second-order valence-electron chi connectivity index (χ2n) is 4.14. The van der Waals surface area contributed by atoms with E-state index >= 15 is 0 Å². The maximum atomic E-state index is 12.7. The molecule has 21 heavy (non-hydrogen) atoms. The Morgan fingerprint density at radius 1 is 1.05 bits per heavy atom. The molecule has 2 rings (SSSR count). The van der Waals surface area contributed by atoms with Gasteiger partial charge >= 0.3 is 6.03 Å². The zero-order chi connectivity index (χ0) is 15.2. The lowest BCUT2D eigenvalue weighted by Crippen LogP contribution is -2.23. The Kier molecular flexibility index (Phi) is 5.20. The van der Waals surface area contributed by atoms with Gasteiger partial charge in [-0.25, -0.2) is 9.18 Å². The Balaban J connectivity index is 1.91. The SMILES string of the molecule is O=C(N/C=C/c1ccc(F)cc1)Nc1cc(Cl)cc(Cl)c1. The van der Waals surface area contributed by atoms with Crippen molar-refractivity contribution in [2.24, 2.45) is 0 Å². The number of rotatable bonds is 3. The number of carbonyl (C=O) groups excluding carboxylic acids is 1. The van der Waals surface area contributed by atoms with Gasteiger partial charge in [0.15, 0.2) is 0 Å². The van der Waals surface area contributed by atoms with Gasteiger partial charge < -0.3 is 10.6 Å². The summed E-state index contributed by atoms with van der Waals surface area (Å²) in [5.74, 6) is -0.310. The number of amides is 2. The average molecular weight is 325 g/mol. The summed E-state index contributed by atoms with van der Waals surface area (Å²) < 4.78 is 12.7. The fourth-order valence-electron chi connectivity index (χ4n) is 1.58. The first-order chi connectivity index (χ1) is 10.0. The molecular formula is C15H11Cl2FN2O. The Hall–Kier alpha value is -2.04. The van der Waals surface area contributed by atoms with Crippen LogP contribution < -0.4 is 10.6 Å². The Bertz CT molecular complexity index is 652. The third-order valence-electron chi connectivity index (χ3n) is 2.48. The number of hydrogen-bond acceptors (Lipinski definition) is 1. The van der Waals surface area contributed by atoms with E-state index in [2.05, 4.69) is 10.6 Å². The number of urea groups is 1. The van der Waals surface area contributed by atoms with E-state index in [9.17, 15) is 9.18 Å². The summed E-state index contributed by atoms with van der Waals surface area (Å²) in [5, 5.41) is 5.97. The highest BCUT2D eigenvalue weighted by molar-refractivity contribution is 6.35. The van der Waals surface area contributed by atoms with Gasteiger partial charge in [0.2, 0.25) is 0 Å². The van der Waals surface area contributed by atoms with Crippen molar-refractivity contribution in [3.8, 4) is 0 Å². The first-order valence-corrected chi connectivity index (χ1v) is 6.74. The first-order valence-electron chi connectivity index (χ1n) is 5.99. The zero-order valence-corrected chi connectivity index (χ0v) is 12.3. The highest BCUT2D eigenvalue weighted by atomic mass is 35.5. The van der Waals surface area contributed by atoms with Crippen LogP contribution in [0.5, 0.6) is 0 Å². The summed E-state index contributed by atoms with van der Waals surface area (Å²) in [6.45, 7) is 0. The van der Waals surface area contributed by atoms with E-state index in [4.69, 9.17) is 23.2 Å². The van der Waals surface area contributed by atoms with Gasteiger partial charge in [-0.05, 0) is 42.0 Å². The third-order valence-corrected chi connectivity index (χ3v) is 2.92. The predicted octanol–water partition coefficient (Wildman–Crippen LogP) is 4.92. The number of nitrogens with one attached hydrogen (secondary N) is 2. The van der Waals surface area contributed by atoms with E-state index in [-0.39, 0.29) is 5.82 Å². The van der Waals surface area contributed by atoms with Crippen LogP contribution in [0, 0.1) is 5.82 Å². The second kappa shape index (κ2) is 7.11. The minimum Gasteiger partial charge on any atom is -0.314 e. The monoisotopic (exact) mass is 324 g/mol. The van der Waals surface area contributed by atoms with Crippen LogP contribution in [0.3, 0.4) is 0 Å². The molecule has 3 nitrogen and oxygen atoms in total. The Morgan fingerprint density at radius 3 is 2.29 bits per heavy atom. The first kappa shape index (κ1) is 15.4. The normalized spacial score (nSPS) is 10.6. The van der Waals surface area contributed by atoms with Crippen LogP contribution in [0.1, 0.15) is 5.56 Å². The average Bonchev–Trinajstić information content (AvgIpc) is 2.39. The molecule has 2 aromatic carbocycles. The molecule has 0 unspecified atom stereocenters. The van der Waals surface area contributed by atoms with Crippen molar-refractivity contribution < 1.29 is 9.18 Å². The molecule has 2 N–H and O–H groups in total. The molecule has 0 spiro atoms. The molecule has 0 radical (unpaired) electrons. The molecule has 0 bridgehead atoms. The molecule has 2 aromatic rings. The van der Waals surface area contributed by atoms with E-state index in [0.717, 1.165) is 5.56 Å². The highest BCUT2D eigenvalue weighted by Crippen LogP contribution is 2.22. The van der Waals surface area contributed by atoms with E-state index in [1.165, 1.54) is 18.3 Å². The van der Waals surface area contributed by atoms with Crippen molar-refractivity contribution in [1.29, 1.82) is 0 Å². The van der Waals surface area contributed by atoms with Gasteiger partial charge in [-0.15, -0.1) is 0 Å². The molecule has 0 aliphatic carbocycles. The molecule has 6 heteroatoms. The van der Waals surface area contributed by atoms with Crippen molar-refractivity contribution in [3.05, 3.63) is 70.1 Å². The van der Waals surface area contributed by atoms with Crippen LogP contribution in [0.4, 0.5) is 14.9 Å². The van der Waals surface area contributed by atoms with Crippen LogP contribution in [0.25, 0.3) is 6.08 Å². The lowest BCUT2D eigenvalue weighted by atomic mass is 10.2. The van der Waals surface area contributed by atoms with Crippen LogP contribution in [-0.2, 0) is 0 Å². The Morgan fingerprint density at radius 2 is 1.67 bits per heavy atom. The van der Waals surface area contributed by atoms with Crippen LogP contribution in [0.15, 0.2) is 48.7 Å². The molecule has 0 aliphatic rings. The van der Waals surface area contributed by atoms with Gasteiger partial charge in [-0.2, -0.15) is 0 Å². The number of benzene rings is 2. The van der Waals surface area contributed by atoms with Gasteiger partial charge in [-0.1, -0.05) is 35.3 Å². The van der Waals surface area contributed by atoms with Gasteiger partial charge in [0, 0.05) is 21.9 Å². The van der Waals surface area contributed by atoms with E-state index in [1.807, 2.05) is 0 Å². The molecule has 0 aliphatic heterocycles. The third kappa shape index (κ3) is 5.10. The van der Waals surface area contributed by atoms with Crippen molar-refractivity contribution in [2.75, 3.05) is 5.32 Å². The van der Waals surface area contributed by atoms with Crippen molar-refractivity contribution in [3.63, 3.8) is 0 Å². The summed E-state index contributed by atoms with van der Waals surface area (Å²) >= 11 is 11.7. The maximum absolute atomic E-state index is 12.7. The number of carbonyl (C=O) groups is 1. The Labute approximate surface area is 131 Å². The quantitative estimate of drug-likeness (QED) is 0.826. The summed E-state index contributed by atoms with van der Waals surface area (Å²) in [4.78, 5) is 11.7. The second-order valence-corrected chi connectivity index (χ2v) is 5.01. The van der Waals surface area contributed by atoms with E-state index in [0.29, 0.717) is 15.7 Å².